The molecule has 1 unspecified atom stereocenters. The second kappa shape index (κ2) is 5.93. The van der Waals surface area contributed by atoms with Crippen molar-refractivity contribution >= 4 is 6.03 Å². The van der Waals surface area contributed by atoms with E-state index in [1.165, 1.54) is 0 Å². The van der Waals surface area contributed by atoms with Gasteiger partial charge in [0.15, 0.2) is 0 Å². The number of carbonyl (C=O) groups is 1. The fourth-order valence-corrected chi connectivity index (χ4v) is 2.39. The molecule has 0 bridgehead atoms. The molecule has 5 heteroatoms. The van der Waals surface area contributed by atoms with E-state index in [1.54, 1.807) is 16.9 Å². The van der Waals surface area contributed by atoms with Gasteiger partial charge in [-0.3, -0.25) is 0 Å². The van der Waals surface area contributed by atoms with E-state index in [9.17, 15) is 4.79 Å². The number of hydrogen-bond donors (Lipinski definition) is 1. The highest BCUT2D eigenvalue weighted by Crippen LogP contribution is 2.29. The fraction of sp³-hybridized carbons (Fsp3) is 0.500. The Bertz CT molecular complexity index is 450. The molecule has 1 aromatic carbocycles. The van der Waals surface area contributed by atoms with E-state index >= 15 is 0 Å². The number of aliphatic hydroxyl groups excluding tert-OH is 1. The van der Waals surface area contributed by atoms with Crippen LogP contribution in [0, 0.1) is 0 Å². The molecular weight excluding hydrogens is 244 g/mol. The maximum Gasteiger partial charge on any atom is 0.320 e. The van der Waals surface area contributed by atoms with Crippen molar-refractivity contribution in [2.45, 2.75) is 12.5 Å². The van der Waals surface area contributed by atoms with Gasteiger partial charge in [-0.1, -0.05) is 12.1 Å². The Kier molecular flexibility index (Phi) is 4.27. The van der Waals surface area contributed by atoms with E-state index in [0.717, 1.165) is 11.3 Å². The largest absolute Gasteiger partial charge is 0.497 e. The molecule has 104 valence electrons. The SMILES string of the molecule is COc1cccc(C2CN(CCCO)C(=O)N2C)c1. The van der Waals surface area contributed by atoms with Crippen molar-refractivity contribution in [1.29, 1.82) is 0 Å². The number of amides is 2. The molecule has 19 heavy (non-hydrogen) atoms. The van der Waals surface area contributed by atoms with Crippen molar-refractivity contribution in [2.24, 2.45) is 0 Å². The van der Waals surface area contributed by atoms with Gasteiger partial charge in [-0.25, -0.2) is 4.79 Å². The molecule has 0 radical (unpaired) electrons. The topological polar surface area (TPSA) is 53.0 Å². The van der Waals surface area contributed by atoms with Crippen LogP contribution in [0.3, 0.4) is 0 Å². The first-order chi connectivity index (χ1) is 9.17. The smallest absolute Gasteiger partial charge is 0.320 e. The van der Waals surface area contributed by atoms with Gasteiger partial charge in [-0.2, -0.15) is 0 Å². The Morgan fingerprint density at radius 2 is 2.26 bits per heavy atom. The molecule has 1 heterocycles. The van der Waals surface area contributed by atoms with Crippen molar-refractivity contribution in [2.75, 3.05) is 33.9 Å². The van der Waals surface area contributed by atoms with Gasteiger partial charge in [0.05, 0.1) is 13.2 Å². The summed E-state index contributed by atoms with van der Waals surface area (Å²) in [6, 6.07) is 7.85. The summed E-state index contributed by atoms with van der Waals surface area (Å²) in [7, 11) is 3.45. The lowest BCUT2D eigenvalue weighted by Crippen LogP contribution is -2.30. The van der Waals surface area contributed by atoms with Crippen LogP contribution in [-0.4, -0.2) is 54.8 Å². The van der Waals surface area contributed by atoms with Crippen LogP contribution >= 0.6 is 0 Å². The zero-order valence-electron chi connectivity index (χ0n) is 11.4. The number of aliphatic hydroxyl groups is 1. The molecule has 1 fully saturated rings. The van der Waals surface area contributed by atoms with Crippen LogP contribution in [-0.2, 0) is 0 Å². The Labute approximate surface area is 113 Å². The van der Waals surface area contributed by atoms with Crippen LogP contribution in [0.15, 0.2) is 24.3 Å². The predicted molar refractivity (Wildman–Crippen MR) is 72.2 cm³/mol. The lowest BCUT2D eigenvalue weighted by atomic mass is 10.1. The number of urea groups is 1. The Morgan fingerprint density at radius 3 is 2.95 bits per heavy atom. The molecule has 1 aliphatic heterocycles. The first-order valence-electron chi connectivity index (χ1n) is 6.44. The number of ether oxygens (including phenoxy) is 1. The number of carbonyl (C=O) groups excluding carboxylic acids is 1. The van der Waals surface area contributed by atoms with Crippen molar-refractivity contribution in [3.63, 3.8) is 0 Å². The van der Waals surface area contributed by atoms with Crippen LogP contribution in [0.2, 0.25) is 0 Å². The van der Waals surface area contributed by atoms with E-state index < -0.39 is 0 Å². The third-order valence-corrected chi connectivity index (χ3v) is 3.50. The second-order valence-corrected chi connectivity index (χ2v) is 4.71. The minimum absolute atomic E-state index is 0.0151. The maximum atomic E-state index is 12.1. The van der Waals surface area contributed by atoms with E-state index in [2.05, 4.69) is 0 Å². The quantitative estimate of drug-likeness (QED) is 0.876. The number of nitrogens with zero attached hydrogens (tertiary/aromatic N) is 2. The molecule has 5 nitrogen and oxygen atoms in total. The molecule has 0 saturated carbocycles. The van der Waals surface area contributed by atoms with Crippen LogP contribution in [0.25, 0.3) is 0 Å². The Morgan fingerprint density at radius 1 is 1.47 bits per heavy atom. The van der Waals surface area contributed by atoms with Gasteiger partial charge < -0.3 is 19.6 Å². The van der Waals surface area contributed by atoms with Crippen LogP contribution < -0.4 is 4.74 Å². The highest BCUT2D eigenvalue weighted by Gasteiger charge is 2.35. The molecule has 0 aromatic heterocycles. The van der Waals surface area contributed by atoms with E-state index in [0.29, 0.717) is 19.5 Å². The van der Waals surface area contributed by atoms with Crippen LogP contribution in [0.4, 0.5) is 4.79 Å². The lowest BCUT2D eigenvalue weighted by molar-refractivity contribution is 0.191. The summed E-state index contributed by atoms with van der Waals surface area (Å²) in [5.41, 5.74) is 1.07. The zero-order chi connectivity index (χ0) is 13.8. The molecule has 0 aliphatic carbocycles. The summed E-state index contributed by atoms with van der Waals surface area (Å²) in [5, 5.41) is 8.86. The minimum atomic E-state index is 0.0151. The molecule has 1 N–H and O–H groups in total. The van der Waals surface area contributed by atoms with Gasteiger partial charge in [-0.05, 0) is 24.1 Å². The van der Waals surface area contributed by atoms with Crippen molar-refractivity contribution in [3.05, 3.63) is 29.8 Å². The third-order valence-electron chi connectivity index (χ3n) is 3.50. The normalized spacial score (nSPS) is 19.1. The average molecular weight is 264 g/mol. The number of likely N-dealkylation sites (N-methyl/N-ethyl adjacent to an activating group) is 1. The van der Waals surface area contributed by atoms with Gasteiger partial charge in [0.1, 0.15) is 5.75 Å². The van der Waals surface area contributed by atoms with Gasteiger partial charge in [-0.15, -0.1) is 0 Å². The van der Waals surface area contributed by atoms with Gasteiger partial charge >= 0.3 is 6.03 Å². The highest BCUT2D eigenvalue weighted by molar-refractivity contribution is 5.77. The number of rotatable bonds is 5. The molecule has 1 aliphatic rings. The molecular formula is C14H20N2O3. The van der Waals surface area contributed by atoms with Gasteiger partial charge in [0.25, 0.3) is 0 Å². The van der Waals surface area contributed by atoms with Crippen LogP contribution in [0.5, 0.6) is 5.75 Å². The molecule has 1 aromatic rings. The zero-order valence-corrected chi connectivity index (χ0v) is 11.4. The minimum Gasteiger partial charge on any atom is -0.497 e. The highest BCUT2D eigenvalue weighted by atomic mass is 16.5. The summed E-state index contributed by atoms with van der Waals surface area (Å²) in [6.07, 6.45) is 0.615. The van der Waals surface area contributed by atoms with Crippen molar-refractivity contribution < 1.29 is 14.6 Å². The van der Waals surface area contributed by atoms with Gasteiger partial charge in [0, 0.05) is 26.7 Å². The number of benzene rings is 1. The number of methoxy groups -OCH3 is 1. The second-order valence-electron chi connectivity index (χ2n) is 4.71. The lowest BCUT2D eigenvalue weighted by Gasteiger charge is -2.18. The summed E-state index contributed by atoms with van der Waals surface area (Å²) >= 11 is 0. The Balaban J connectivity index is 2.14. The Hall–Kier alpha value is -1.75. The summed E-state index contributed by atoms with van der Waals surface area (Å²) in [5.74, 6) is 0.798. The summed E-state index contributed by atoms with van der Waals surface area (Å²) < 4.78 is 5.22. The van der Waals surface area contributed by atoms with Crippen molar-refractivity contribution in [1.82, 2.24) is 9.80 Å². The maximum absolute atomic E-state index is 12.1. The van der Waals surface area contributed by atoms with Crippen molar-refractivity contribution in [3.8, 4) is 5.75 Å². The molecule has 2 amide bonds. The average Bonchev–Trinajstić information content (AvgIpc) is 2.73. The standard InChI is InChI=1S/C14H20N2O3/c1-15-13(10-16(14(15)18)7-4-8-17)11-5-3-6-12(9-11)19-2/h3,5-6,9,13,17H,4,7-8,10H2,1-2H3. The summed E-state index contributed by atoms with van der Waals surface area (Å²) in [4.78, 5) is 15.6. The molecule has 1 atom stereocenters. The van der Waals surface area contributed by atoms with Crippen LogP contribution in [0.1, 0.15) is 18.0 Å². The van der Waals surface area contributed by atoms with Gasteiger partial charge in [0.2, 0.25) is 0 Å². The predicted octanol–water partition coefficient (Wildman–Crippen LogP) is 1.49. The third kappa shape index (κ3) is 2.81. The molecule has 2 rings (SSSR count). The number of hydrogen-bond acceptors (Lipinski definition) is 3. The first-order valence-corrected chi connectivity index (χ1v) is 6.44. The molecule has 1 saturated heterocycles. The van der Waals surface area contributed by atoms with E-state index in [1.807, 2.05) is 31.3 Å². The van der Waals surface area contributed by atoms with E-state index in [4.69, 9.17) is 9.84 Å². The molecule has 0 spiro atoms. The van der Waals surface area contributed by atoms with E-state index in [-0.39, 0.29) is 18.7 Å². The summed E-state index contributed by atoms with van der Waals surface area (Å²) in [6.45, 7) is 1.36. The first kappa shape index (κ1) is 13.7. The fourth-order valence-electron chi connectivity index (χ4n) is 2.39. The monoisotopic (exact) mass is 264 g/mol.